The number of thiazole rings is 1. The summed E-state index contributed by atoms with van der Waals surface area (Å²) in [6.07, 6.45) is 2.24. The summed E-state index contributed by atoms with van der Waals surface area (Å²) in [5.41, 5.74) is 6.74. The number of amides is 3. The van der Waals surface area contributed by atoms with Gasteiger partial charge in [0.25, 0.3) is 0 Å². The molecule has 3 aliphatic heterocycles. The molecule has 0 saturated carbocycles. The number of fused-ring (bicyclic) bond motifs is 2. The third kappa shape index (κ3) is 12.6. The van der Waals surface area contributed by atoms with Crippen molar-refractivity contribution in [1.29, 1.82) is 0 Å². The predicted octanol–water partition coefficient (Wildman–Crippen LogP) is 8.27. The van der Waals surface area contributed by atoms with Crippen LogP contribution in [0.15, 0.2) is 71.7 Å². The Morgan fingerprint density at radius 1 is 0.944 bits per heavy atom. The van der Waals surface area contributed by atoms with Crippen LogP contribution in [0.1, 0.15) is 108 Å². The van der Waals surface area contributed by atoms with Gasteiger partial charge < -0.3 is 35.2 Å². The molecule has 3 N–H and O–H groups in total. The first-order valence-electron chi connectivity index (χ1n) is 25.6. The summed E-state index contributed by atoms with van der Waals surface area (Å²) >= 11 is 1.58. The van der Waals surface area contributed by atoms with Crippen molar-refractivity contribution >= 4 is 34.6 Å². The van der Waals surface area contributed by atoms with Gasteiger partial charge in [0.05, 0.1) is 34.8 Å². The highest BCUT2D eigenvalue weighted by molar-refractivity contribution is 7.13. The number of aliphatic hydroxyl groups excluding tert-OH is 1. The number of nitrogens with zero attached hydrogens (tertiary/aromatic N) is 5. The van der Waals surface area contributed by atoms with Gasteiger partial charge in [0.15, 0.2) is 0 Å². The molecule has 0 radical (unpaired) electrons. The van der Waals surface area contributed by atoms with Crippen LogP contribution in [-0.2, 0) is 27.3 Å². The lowest BCUT2D eigenvalue weighted by Gasteiger charge is -2.44. The van der Waals surface area contributed by atoms with E-state index < -0.39 is 52.9 Å². The SMILES string of the molecule is Cc1ncsc1-c1ccc(CNC(=O)[C@@H]2C[C@@H](O)CN2C(=O)[C@@H](NC(=O)CCN2CCN(CCCCOc3cc(F)c([C@@H]4C5=C(C[C@@H](C)N4CC(C)(C)F)c4ccccc4C5)c(F)c3)CC2)C(C)(C)C)cc1. The van der Waals surface area contributed by atoms with Crippen molar-refractivity contribution in [3.05, 3.63) is 111 Å². The Morgan fingerprint density at radius 3 is 2.28 bits per heavy atom. The molecule has 0 spiro atoms. The van der Waals surface area contributed by atoms with Gasteiger partial charge >= 0.3 is 0 Å². The average molecular weight is 1010 g/mol. The first-order valence-corrected chi connectivity index (χ1v) is 26.5. The highest BCUT2D eigenvalue weighted by atomic mass is 32.1. The Labute approximate surface area is 427 Å². The van der Waals surface area contributed by atoms with E-state index in [1.807, 2.05) is 81.4 Å². The van der Waals surface area contributed by atoms with Crippen LogP contribution in [0.3, 0.4) is 0 Å². The van der Waals surface area contributed by atoms with Crippen LogP contribution in [-0.4, -0.2) is 136 Å². The van der Waals surface area contributed by atoms with Crippen molar-refractivity contribution in [2.75, 3.05) is 59.0 Å². The van der Waals surface area contributed by atoms with Crippen LogP contribution in [0.25, 0.3) is 16.0 Å². The topological polar surface area (TPSA) is 131 Å². The van der Waals surface area contributed by atoms with Gasteiger partial charge in [-0.1, -0.05) is 69.3 Å². The minimum absolute atomic E-state index is 0.00536. The largest absolute Gasteiger partial charge is 0.493 e. The maximum Gasteiger partial charge on any atom is 0.246 e. The van der Waals surface area contributed by atoms with Gasteiger partial charge in [-0.2, -0.15) is 0 Å². The van der Waals surface area contributed by atoms with E-state index in [0.717, 1.165) is 83.1 Å². The number of carbonyl (C=O) groups excluding carboxylic acids is 3. The molecule has 8 rings (SSSR count). The van der Waals surface area contributed by atoms with Crippen LogP contribution in [0.2, 0.25) is 0 Å². The quantitative estimate of drug-likeness (QED) is 0.0844. The minimum atomic E-state index is -1.56. The van der Waals surface area contributed by atoms with Crippen molar-refractivity contribution in [2.24, 2.45) is 5.41 Å². The van der Waals surface area contributed by atoms with Crippen molar-refractivity contribution in [3.8, 4) is 16.2 Å². The number of aromatic nitrogens is 1. The number of likely N-dealkylation sites (tertiary alicyclic amines) is 1. The summed E-state index contributed by atoms with van der Waals surface area (Å²) in [5, 5.41) is 16.6. The second-order valence-corrected chi connectivity index (χ2v) is 22.8. The highest BCUT2D eigenvalue weighted by Gasteiger charge is 2.45. The zero-order chi connectivity index (χ0) is 51.5. The summed E-state index contributed by atoms with van der Waals surface area (Å²) in [6.45, 7) is 17.8. The van der Waals surface area contributed by atoms with Crippen molar-refractivity contribution < 1.29 is 37.4 Å². The molecule has 72 heavy (non-hydrogen) atoms. The fourth-order valence-electron chi connectivity index (χ4n) is 10.9. The molecule has 16 heteroatoms. The van der Waals surface area contributed by atoms with Crippen LogP contribution in [0, 0.1) is 24.0 Å². The lowest BCUT2D eigenvalue weighted by atomic mass is 9.84. The number of halogens is 3. The maximum absolute atomic E-state index is 16.2. The molecule has 5 atom stereocenters. The number of nitrogens with one attached hydrogen (secondary N) is 2. The number of aryl methyl sites for hydroxylation is 1. The molecule has 4 aliphatic rings. The van der Waals surface area contributed by atoms with Gasteiger partial charge in [0, 0.05) is 88.9 Å². The van der Waals surface area contributed by atoms with E-state index in [2.05, 4.69) is 37.6 Å². The standard InChI is InChI=1S/C56H72F3N7O5S/c1-35-26-43-42-13-9-8-12-39(42)27-44(43)50(66(35)33-56(6,7)59)49-45(57)29-41(30-46(49)58)71-25-11-10-19-63-21-23-64(24-22-63)20-18-48(68)62-52(55(3,4)5)54(70)65-32-40(67)28-47(65)53(69)60-31-37-14-16-38(17-15-37)51-36(2)61-34-72-51/h8-9,12-17,29-30,34-35,40,47,50,52,67H,10-11,18-28,31-33H2,1-7H3,(H,60,69)(H,62,68)/t35-,40-,47+,50+,52-/m1/s1. The molecule has 4 heterocycles. The first kappa shape index (κ1) is 53.2. The van der Waals surface area contributed by atoms with Crippen molar-refractivity contribution in [1.82, 2.24) is 35.2 Å². The van der Waals surface area contributed by atoms with E-state index in [-0.39, 0.29) is 61.6 Å². The number of ether oxygens (including phenoxy) is 1. The highest BCUT2D eigenvalue weighted by Crippen LogP contribution is 2.50. The number of hydrogen-bond donors (Lipinski definition) is 3. The molecule has 2 fully saturated rings. The Balaban J connectivity index is 0.764. The molecule has 1 aromatic heterocycles. The molecule has 0 bridgehead atoms. The van der Waals surface area contributed by atoms with E-state index >= 15 is 13.2 Å². The molecule has 12 nitrogen and oxygen atoms in total. The molecule has 0 unspecified atom stereocenters. The number of carbonyl (C=O) groups is 3. The van der Waals surface area contributed by atoms with E-state index in [9.17, 15) is 19.5 Å². The molecule has 388 valence electrons. The second kappa shape index (κ2) is 22.6. The van der Waals surface area contributed by atoms with Gasteiger partial charge in [-0.15, -0.1) is 11.3 Å². The minimum Gasteiger partial charge on any atom is -0.493 e. The average Bonchev–Trinajstić information content (AvgIpc) is 4.05. The van der Waals surface area contributed by atoms with Crippen molar-refractivity contribution in [3.63, 3.8) is 0 Å². The number of β-amino-alcohol motifs (C(OH)–C–C–N with tert-alkyl or cyclic N) is 1. The first-order chi connectivity index (χ1) is 34.2. The predicted molar refractivity (Wildman–Crippen MR) is 276 cm³/mol. The van der Waals surface area contributed by atoms with Gasteiger partial charge in [-0.3, -0.25) is 19.3 Å². The number of aliphatic hydroxyl groups is 1. The number of hydrogen-bond acceptors (Lipinski definition) is 10. The van der Waals surface area contributed by atoms with Crippen molar-refractivity contribution in [2.45, 2.75) is 129 Å². The van der Waals surface area contributed by atoms with Crippen LogP contribution < -0.4 is 15.4 Å². The summed E-state index contributed by atoms with van der Waals surface area (Å²) in [6, 6.07) is 15.9. The number of unbranched alkanes of at least 4 members (excludes halogenated alkanes) is 1. The summed E-state index contributed by atoms with van der Waals surface area (Å²) in [5.74, 6) is -2.25. The number of piperazine rings is 1. The zero-order valence-electron chi connectivity index (χ0n) is 42.9. The molecular formula is C56H72F3N7O5S. The lowest BCUT2D eigenvalue weighted by Crippen LogP contribution is -2.58. The van der Waals surface area contributed by atoms with Gasteiger partial charge in [-0.05, 0) is 98.7 Å². The van der Waals surface area contributed by atoms with Crippen LogP contribution in [0.5, 0.6) is 5.75 Å². The maximum atomic E-state index is 16.2. The number of alkyl halides is 1. The Kier molecular flexibility index (Phi) is 16.7. The van der Waals surface area contributed by atoms with Crippen LogP contribution in [0.4, 0.5) is 13.2 Å². The summed E-state index contributed by atoms with van der Waals surface area (Å²) < 4.78 is 53.5. The van der Waals surface area contributed by atoms with E-state index in [1.165, 1.54) is 30.9 Å². The molecule has 3 aromatic carbocycles. The third-order valence-corrected chi connectivity index (χ3v) is 15.7. The fourth-order valence-corrected chi connectivity index (χ4v) is 11.7. The fraction of sp³-hybridized carbons (Fsp3) is 0.536. The lowest BCUT2D eigenvalue weighted by molar-refractivity contribution is -0.144. The normalized spacial score (nSPS) is 21.4. The molecule has 3 amide bonds. The Morgan fingerprint density at radius 2 is 1.62 bits per heavy atom. The van der Waals surface area contributed by atoms with Crippen LogP contribution >= 0.6 is 11.3 Å². The molecular weight excluding hydrogens is 940 g/mol. The third-order valence-electron chi connectivity index (χ3n) is 14.7. The molecule has 1 aliphatic carbocycles. The van der Waals surface area contributed by atoms with E-state index in [4.69, 9.17) is 4.74 Å². The van der Waals surface area contributed by atoms with Gasteiger partial charge in [0.2, 0.25) is 17.7 Å². The van der Waals surface area contributed by atoms with E-state index in [1.54, 1.807) is 11.3 Å². The monoisotopic (exact) mass is 1010 g/mol. The summed E-state index contributed by atoms with van der Waals surface area (Å²) in [7, 11) is 0. The molecule has 2 saturated heterocycles. The smallest absolute Gasteiger partial charge is 0.246 e. The summed E-state index contributed by atoms with van der Waals surface area (Å²) in [4.78, 5) is 54.5. The van der Waals surface area contributed by atoms with E-state index in [0.29, 0.717) is 32.4 Å². The van der Waals surface area contributed by atoms with Gasteiger partial charge in [-0.25, -0.2) is 18.2 Å². The zero-order valence-corrected chi connectivity index (χ0v) is 43.7. The Bertz CT molecular complexity index is 2580. The Hall–Kier alpha value is -5.13. The second-order valence-electron chi connectivity index (χ2n) is 21.9. The molecule has 4 aromatic rings. The number of rotatable bonds is 18. The van der Waals surface area contributed by atoms with Gasteiger partial charge in [0.1, 0.15) is 35.1 Å². The number of benzene rings is 3.